The fourth-order valence-electron chi connectivity index (χ4n) is 2.31. The molecule has 5 nitrogen and oxygen atoms in total. The normalized spacial score (nSPS) is 10.4. The maximum atomic E-state index is 11.9. The predicted octanol–water partition coefficient (Wildman–Crippen LogP) is 2.89. The largest absolute Gasteiger partial charge is 0.385 e. The summed E-state index contributed by atoms with van der Waals surface area (Å²) in [6.07, 6.45) is 4.48. The number of ether oxygens (including phenoxy) is 1. The average molecular weight is 327 g/mol. The second-order valence-electron chi connectivity index (χ2n) is 5.55. The monoisotopic (exact) mass is 327 g/mol. The van der Waals surface area contributed by atoms with Gasteiger partial charge in [-0.1, -0.05) is 30.3 Å². The quantitative estimate of drug-likeness (QED) is 0.659. The first-order chi connectivity index (χ1) is 11.8. The van der Waals surface area contributed by atoms with E-state index in [2.05, 4.69) is 39.9 Å². The lowest BCUT2D eigenvalue weighted by Gasteiger charge is -2.07. The van der Waals surface area contributed by atoms with Crippen molar-refractivity contribution in [2.45, 2.75) is 19.3 Å². The number of rotatable bonds is 10. The minimum Gasteiger partial charge on any atom is -0.385 e. The van der Waals surface area contributed by atoms with Gasteiger partial charge in [-0.15, -0.1) is 0 Å². The SMILES string of the molecule is COCCCNC(=O)c1ccc(NCCCc2ccccc2)nc1. The number of nitrogens with zero attached hydrogens (tertiary/aromatic N) is 1. The third-order valence-electron chi connectivity index (χ3n) is 3.63. The Labute approximate surface area is 143 Å². The lowest BCUT2D eigenvalue weighted by Crippen LogP contribution is -2.25. The van der Waals surface area contributed by atoms with Crippen molar-refractivity contribution in [3.05, 3.63) is 59.8 Å². The highest BCUT2D eigenvalue weighted by Crippen LogP contribution is 2.07. The van der Waals surface area contributed by atoms with Crippen LogP contribution in [0, 0.1) is 0 Å². The number of benzene rings is 1. The van der Waals surface area contributed by atoms with E-state index in [9.17, 15) is 4.79 Å². The van der Waals surface area contributed by atoms with E-state index in [4.69, 9.17) is 4.74 Å². The smallest absolute Gasteiger partial charge is 0.252 e. The van der Waals surface area contributed by atoms with Crippen LogP contribution in [0.25, 0.3) is 0 Å². The summed E-state index contributed by atoms with van der Waals surface area (Å²) < 4.78 is 4.95. The third-order valence-corrected chi connectivity index (χ3v) is 3.63. The Morgan fingerprint density at radius 1 is 1.08 bits per heavy atom. The third kappa shape index (κ3) is 6.38. The molecule has 0 spiro atoms. The molecule has 1 aromatic heterocycles. The molecular formula is C19H25N3O2. The van der Waals surface area contributed by atoms with E-state index < -0.39 is 0 Å². The Bertz CT molecular complexity index is 600. The Morgan fingerprint density at radius 3 is 2.62 bits per heavy atom. The highest BCUT2D eigenvalue weighted by Gasteiger charge is 2.05. The van der Waals surface area contributed by atoms with E-state index in [1.165, 1.54) is 5.56 Å². The van der Waals surface area contributed by atoms with Crippen LogP contribution in [-0.4, -0.2) is 37.7 Å². The molecule has 24 heavy (non-hydrogen) atoms. The molecule has 1 amide bonds. The number of aryl methyl sites for hydroxylation is 1. The van der Waals surface area contributed by atoms with Gasteiger partial charge >= 0.3 is 0 Å². The molecule has 2 N–H and O–H groups in total. The van der Waals surface area contributed by atoms with Gasteiger partial charge in [-0.3, -0.25) is 4.79 Å². The molecule has 0 saturated carbocycles. The minimum atomic E-state index is -0.103. The van der Waals surface area contributed by atoms with Crippen LogP contribution in [0.4, 0.5) is 5.82 Å². The fourth-order valence-corrected chi connectivity index (χ4v) is 2.31. The molecular weight excluding hydrogens is 302 g/mol. The van der Waals surface area contributed by atoms with Gasteiger partial charge < -0.3 is 15.4 Å². The summed E-state index contributed by atoms with van der Waals surface area (Å²) in [6.45, 7) is 2.10. The summed E-state index contributed by atoms with van der Waals surface area (Å²) >= 11 is 0. The van der Waals surface area contributed by atoms with Crippen LogP contribution in [-0.2, 0) is 11.2 Å². The van der Waals surface area contributed by atoms with Crippen LogP contribution >= 0.6 is 0 Å². The molecule has 0 bridgehead atoms. The van der Waals surface area contributed by atoms with E-state index in [-0.39, 0.29) is 5.91 Å². The zero-order valence-corrected chi connectivity index (χ0v) is 14.1. The number of hydrogen-bond acceptors (Lipinski definition) is 4. The number of methoxy groups -OCH3 is 1. The first-order valence-electron chi connectivity index (χ1n) is 8.30. The standard InChI is InChI=1S/C19H25N3O2/c1-24-14-6-13-21-19(23)17-10-11-18(22-15-17)20-12-5-9-16-7-3-2-4-8-16/h2-4,7-8,10-11,15H,5-6,9,12-14H2,1H3,(H,20,22)(H,21,23). The number of amides is 1. The summed E-state index contributed by atoms with van der Waals surface area (Å²) in [4.78, 5) is 16.2. The van der Waals surface area contributed by atoms with Gasteiger partial charge in [0.25, 0.3) is 5.91 Å². The van der Waals surface area contributed by atoms with Crippen LogP contribution < -0.4 is 10.6 Å². The lowest BCUT2D eigenvalue weighted by atomic mass is 10.1. The topological polar surface area (TPSA) is 63.2 Å². The van der Waals surface area contributed by atoms with Crippen molar-refractivity contribution >= 4 is 11.7 Å². The molecule has 0 aliphatic rings. The van der Waals surface area contributed by atoms with E-state index in [1.807, 2.05) is 12.1 Å². The molecule has 0 atom stereocenters. The number of aromatic nitrogens is 1. The van der Waals surface area contributed by atoms with E-state index in [1.54, 1.807) is 19.4 Å². The molecule has 2 aromatic rings. The maximum Gasteiger partial charge on any atom is 0.252 e. The predicted molar refractivity (Wildman–Crippen MR) is 96.3 cm³/mol. The highest BCUT2D eigenvalue weighted by molar-refractivity contribution is 5.94. The van der Waals surface area contributed by atoms with Gasteiger partial charge in [0.1, 0.15) is 5.82 Å². The molecule has 128 valence electrons. The molecule has 1 aromatic carbocycles. The number of pyridine rings is 1. The summed E-state index contributed by atoms with van der Waals surface area (Å²) in [5, 5.41) is 6.13. The van der Waals surface area contributed by atoms with E-state index >= 15 is 0 Å². The second kappa shape index (κ2) is 10.4. The molecule has 0 aliphatic heterocycles. The first-order valence-corrected chi connectivity index (χ1v) is 8.30. The molecule has 0 saturated heterocycles. The van der Waals surface area contributed by atoms with Crippen LogP contribution in [0.3, 0.4) is 0 Å². The highest BCUT2D eigenvalue weighted by atomic mass is 16.5. The number of hydrogen-bond donors (Lipinski definition) is 2. The lowest BCUT2D eigenvalue weighted by molar-refractivity contribution is 0.0948. The van der Waals surface area contributed by atoms with Gasteiger partial charge in [-0.05, 0) is 37.0 Å². The van der Waals surface area contributed by atoms with Crippen LogP contribution in [0.5, 0.6) is 0 Å². The first kappa shape index (κ1) is 17.9. The average Bonchev–Trinajstić information content (AvgIpc) is 2.63. The zero-order valence-electron chi connectivity index (χ0n) is 14.1. The summed E-state index contributed by atoms with van der Waals surface area (Å²) in [7, 11) is 1.65. The maximum absolute atomic E-state index is 11.9. The van der Waals surface area contributed by atoms with Gasteiger partial charge in [0.15, 0.2) is 0 Å². The summed E-state index contributed by atoms with van der Waals surface area (Å²) in [5.74, 6) is 0.688. The minimum absolute atomic E-state index is 0.103. The number of carbonyl (C=O) groups is 1. The molecule has 0 radical (unpaired) electrons. The molecule has 0 aliphatic carbocycles. The van der Waals surface area contributed by atoms with Crippen LogP contribution in [0.2, 0.25) is 0 Å². The molecule has 1 heterocycles. The van der Waals surface area contributed by atoms with Crippen molar-refractivity contribution in [2.75, 3.05) is 32.1 Å². The summed E-state index contributed by atoms with van der Waals surface area (Å²) in [5.41, 5.74) is 1.91. The van der Waals surface area contributed by atoms with Crippen LogP contribution in [0.1, 0.15) is 28.8 Å². The second-order valence-corrected chi connectivity index (χ2v) is 5.55. The molecule has 0 unspecified atom stereocenters. The van der Waals surface area contributed by atoms with Crippen molar-refractivity contribution in [1.82, 2.24) is 10.3 Å². The van der Waals surface area contributed by atoms with Crippen molar-refractivity contribution < 1.29 is 9.53 Å². The van der Waals surface area contributed by atoms with E-state index in [0.29, 0.717) is 18.7 Å². The Balaban J connectivity index is 1.68. The Kier molecular flexibility index (Phi) is 7.77. The van der Waals surface area contributed by atoms with Gasteiger partial charge in [0, 0.05) is 33.0 Å². The molecule has 0 fully saturated rings. The van der Waals surface area contributed by atoms with Crippen molar-refractivity contribution in [1.29, 1.82) is 0 Å². The molecule has 5 heteroatoms. The van der Waals surface area contributed by atoms with E-state index in [0.717, 1.165) is 31.6 Å². The number of carbonyl (C=O) groups excluding carboxylic acids is 1. The van der Waals surface area contributed by atoms with Gasteiger partial charge in [-0.2, -0.15) is 0 Å². The van der Waals surface area contributed by atoms with Gasteiger partial charge in [0.2, 0.25) is 0 Å². The fraction of sp³-hybridized carbons (Fsp3) is 0.368. The number of nitrogens with one attached hydrogen (secondary N) is 2. The van der Waals surface area contributed by atoms with Crippen LogP contribution in [0.15, 0.2) is 48.7 Å². The van der Waals surface area contributed by atoms with Crippen molar-refractivity contribution in [2.24, 2.45) is 0 Å². The summed E-state index contributed by atoms with van der Waals surface area (Å²) in [6, 6.07) is 14.1. The Hall–Kier alpha value is -2.40. The zero-order chi connectivity index (χ0) is 17.0. The van der Waals surface area contributed by atoms with Crippen molar-refractivity contribution in [3.8, 4) is 0 Å². The van der Waals surface area contributed by atoms with Gasteiger partial charge in [-0.25, -0.2) is 4.98 Å². The molecule has 2 rings (SSSR count). The van der Waals surface area contributed by atoms with Crippen molar-refractivity contribution in [3.63, 3.8) is 0 Å². The van der Waals surface area contributed by atoms with Gasteiger partial charge in [0.05, 0.1) is 5.56 Å². The Morgan fingerprint density at radius 2 is 1.92 bits per heavy atom. The number of anilines is 1.